The fourth-order valence-corrected chi connectivity index (χ4v) is 2.03. The molecule has 0 aliphatic rings. The number of nitrogens with zero attached hydrogens (tertiary/aromatic N) is 3. The molecule has 0 unspecified atom stereocenters. The molecule has 1 aromatic carbocycles. The van der Waals surface area contributed by atoms with Crippen molar-refractivity contribution in [2.75, 3.05) is 7.11 Å². The lowest BCUT2D eigenvalue weighted by Crippen LogP contribution is -1.98. The molecule has 0 fully saturated rings. The van der Waals surface area contributed by atoms with Crippen LogP contribution in [0.3, 0.4) is 0 Å². The summed E-state index contributed by atoms with van der Waals surface area (Å²) >= 11 is 0. The second-order valence-electron chi connectivity index (χ2n) is 4.61. The Kier molecular flexibility index (Phi) is 3.57. The zero-order chi connectivity index (χ0) is 15.5. The molecular weight excluding hydrogens is 282 g/mol. The third kappa shape index (κ3) is 2.67. The number of hydrogen-bond donors (Lipinski definition) is 1. The van der Waals surface area contributed by atoms with E-state index in [1.54, 1.807) is 19.4 Å². The van der Waals surface area contributed by atoms with Gasteiger partial charge in [-0.1, -0.05) is 12.1 Å². The van der Waals surface area contributed by atoms with E-state index in [-0.39, 0.29) is 5.56 Å². The molecule has 0 amide bonds. The molecule has 22 heavy (non-hydrogen) atoms. The normalized spacial score (nSPS) is 10.4. The van der Waals surface area contributed by atoms with E-state index < -0.39 is 5.97 Å². The molecule has 0 aliphatic carbocycles. The highest BCUT2D eigenvalue weighted by Gasteiger charge is 2.08. The van der Waals surface area contributed by atoms with Crippen molar-refractivity contribution in [3.63, 3.8) is 0 Å². The maximum Gasteiger partial charge on any atom is 0.338 e. The first-order chi connectivity index (χ1) is 10.7. The fraction of sp³-hybridized carbons (Fsp3) is 0.0625. The summed E-state index contributed by atoms with van der Waals surface area (Å²) in [6.45, 7) is 0. The van der Waals surface area contributed by atoms with Crippen LogP contribution in [0.1, 0.15) is 10.4 Å². The number of ether oxygens (including phenoxy) is 1. The molecule has 0 radical (unpaired) electrons. The molecule has 0 bridgehead atoms. The molecule has 6 nitrogen and oxygen atoms in total. The lowest BCUT2D eigenvalue weighted by Gasteiger charge is -2.05. The van der Waals surface area contributed by atoms with Gasteiger partial charge in [0, 0.05) is 18.0 Å². The maximum atomic E-state index is 10.9. The van der Waals surface area contributed by atoms with Crippen LogP contribution in [0, 0.1) is 0 Å². The van der Waals surface area contributed by atoms with E-state index in [0.717, 1.165) is 16.9 Å². The van der Waals surface area contributed by atoms with Crippen molar-refractivity contribution in [3.05, 3.63) is 60.6 Å². The number of carboxylic acid groups (broad SMARTS) is 1. The Morgan fingerprint density at radius 3 is 2.36 bits per heavy atom. The van der Waals surface area contributed by atoms with Gasteiger partial charge in [-0.15, -0.1) is 0 Å². The van der Waals surface area contributed by atoms with Gasteiger partial charge in [-0.05, 0) is 29.8 Å². The maximum absolute atomic E-state index is 10.9. The third-order valence-corrected chi connectivity index (χ3v) is 3.24. The van der Waals surface area contributed by atoms with Crippen LogP contribution >= 0.6 is 0 Å². The van der Waals surface area contributed by atoms with Crippen molar-refractivity contribution in [2.45, 2.75) is 0 Å². The van der Waals surface area contributed by atoms with Crippen LogP contribution in [0.15, 0.2) is 55.0 Å². The molecule has 0 saturated carbocycles. The largest absolute Gasteiger partial charge is 0.497 e. The Balaban J connectivity index is 1.86. The number of aromatic nitrogens is 3. The summed E-state index contributed by atoms with van der Waals surface area (Å²) in [5, 5.41) is 12.9. The minimum Gasteiger partial charge on any atom is -0.497 e. The molecule has 0 atom stereocenters. The van der Waals surface area contributed by atoms with Crippen molar-refractivity contribution < 1.29 is 14.6 Å². The predicted molar refractivity (Wildman–Crippen MR) is 80.3 cm³/mol. The lowest BCUT2D eigenvalue weighted by molar-refractivity contribution is 0.0697. The monoisotopic (exact) mass is 295 g/mol. The summed E-state index contributed by atoms with van der Waals surface area (Å²) in [6, 6.07) is 11.4. The molecule has 2 aromatic heterocycles. The number of carboxylic acids is 1. The van der Waals surface area contributed by atoms with Gasteiger partial charge in [0.05, 0.1) is 18.9 Å². The Labute approximate surface area is 126 Å². The molecule has 0 saturated heterocycles. The molecule has 0 spiro atoms. The number of rotatable bonds is 4. The molecule has 0 aliphatic heterocycles. The Bertz CT molecular complexity index is 792. The van der Waals surface area contributed by atoms with Crippen molar-refractivity contribution in [1.29, 1.82) is 0 Å². The van der Waals surface area contributed by atoms with E-state index >= 15 is 0 Å². The van der Waals surface area contributed by atoms with E-state index in [9.17, 15) is 4.79 Å². The second kappa shape index (κ2) is 5.69. The van der Waals surface area contributed by atoms with E-state index in [4.69, 9.17) is 9.84 Å². The molecule has 3 rings (SSSR count). The molecule has 6 heteroatoms. The fourth-order valence-electron chi connectivity index (χ4n) is 2.03. The molecule has 1 N–H and O–H groups in total. The van der Waals surface area contributed by atoms with Crippen molar-refractivity contribution in [1.82, 2.24) is 14.8 Å². The summed E-state index contributed by atoms with van der Waals surface area (Å²) in [5.74, 6) is 0.344. The van der Waals surface area contributed by atoms with Crippen molar-refractivity contribution in [3.8, 4) is 22.7 Å². The van der Waals surface area contributed by atoms with Gasteiger partial charge in [-0.25, -0.2) is 14.5 Å². The Hall–Kier alpha value is -3.15. The number of aromatic carboxylic acids is 1. The highest BCUT2D eigenvalue weighted by Crippen LogP contribution is 2.22. The van der Waals surface area contributed by atoms with Gasteiger partial charge < -0.3 is 9.84 Å². The second-order valence-corrected chi connectivity index (χ2v) is 4.61. The van der Waals surface area contributed by atoms with Crippen LogP contribution in [0.2, 0.25) is 0 Å². The molecule has 110 valence electrons. The number of hydrogen-bond acceptors (Lipinski definition) is 4. The average molecular weight is 295 g/mol. The molecular formula is C16H13N3O3. The van der Waals surface area contributed by atoms with Crippen LogP contribution in [0.25, 0.3) is 16.9 Å². The zero-order valence-electron chi connectivity index (χ0n) is 11.8. The number of methoxy groups -OCH3 is 1. The topological polar surface area (TPSA) is 77.2 Å². The standard InChI is InChI=1S/C16H13N3O3/c1-22-14-5-2-11(3-6-14)12-4-7-15(17-8-12)19-10-13(9-18-19)16(20)21/h2-10H,1H3,(H,20,21). The van der Waals surface area contributed by atoms with Crippen molar-refractivity contribution >= 4 is 5.97 Å². The predicted octanol–water partition coefficient (Wildman–Crippen LogP) is 2.64. The Morgan fingerprint density at radius 1 is 1.09 bits per heavy atom. The summed E-state index contributed by atoms with van der Waals surface area (Å²) < 4.78 is 6.56. The average Bonchev–Trinajstić information content (AvgIpc) is 3.05. The minimum atomic E-state index is -1.01. The summed E-state index contributed by atoms with van der Waals surface area (Å²) in [6.07, 6.45) is 4.44. The van der Waals surface area contributed by atoms with Crippen LogP contribution in [-0.2, 0) is 0 Å². The number of benzene rings is 1. The van der Waals surface area contributed by atoms with Crippen molar-refractivity contribution in [2.24, 2.45) is 0 Å². The first-order valence-corrected chi connectivity index (χ1v) is 6.56. The van der Waals surface area contributed by atoms with Gasteiger partial charge in [0.1, 0.15) is 5.75 Å². The SMILES string of the molecule is COc1ccc(-c2ccc(-n3cc(C(=O)O)cn3)nc2)cc1. The summed E-state index contributed by atoms with van der Waals surface area (Å²) in [4.78, 5) is 15.2. The quantitative estimate of drug-likeness (QED) is 0.800. The third-order valence-electron chi connectivity index (χ3n) is 3.24. The van der Waals surface area contributed by atoms with Gasteiger partial charge in [-0.2, -0.15) is 5.10 Å². The van der Waals surface area contributed by atoms with Crippen LogP contribution < -0.4 is 4.74 Å². The minimum absolute atomic E-state index is 0.126. The van der Waals surface area contributed by atoms with E-state index in [0.29, 0.717) is 5.82 Å². The number of carbonyl (C=O) groups is 1. The van der Waals surface area contributed by atoms with Gasteiger partial charge >= 0.3 is 5.97 Å². The van der Waals surface area contributed by atoms with E-state index in [2.05, 4.69) is 10.1 Å². The van der Waals surface area contributed by atoms with Gasteiger partial charge in [-0.3, -0.25) is 0 Å². The van der Waals surface area contributed by atoms with E-state index in [1.165, 1.54) is 17.1 Å². The Morgan fingerprint density at radius 2 is 1.82 bits per heavy atom. The molecule has 2 heterocycles. The highest BCUT2D eigenvalue weighted by molar-refractivity contribution is 5.86. The number of pyridine rings is 1. The lowest BCUT2D eigenvalue weighted by atomic mass is 10.1. The smallest absolute Gasteiger partial charge is 0.338 e. The summed E-state index contributed by atoms with van der Waals surface area (Å²) in [7, 11) is 1.63. The van der Waals surface area contributed by atoms with Crippen LogP contribution in [0.5, 0.6) is 5.75 Å². The van der Waals surface area contributed by atoms with Crippen LogP contribution in [0.4, 0.5) is 0 Å². The first kappa shape index (κ1) is 13.8. The molecule has 3 aromatic rings. The zero-order valence-corrected chi connectivity index (χ0v) is 11.8. The first-order valence-electron chi connectivity index (χ1n) is 6.56. The van der Waals surface area contributed by atoms with Gasteiger partial charge in [0.2, 0.25) is 0 Å². The van der Waals surface area contributed by atoms with Crippen LogP contribution in [-0.4, -0.2) is 33.0 Å². The summed E-state index contributed by atoms with van der Waals surface area (Å²) in [5.41, 5.74) is 2.10. The van der Waals surface area contributed by atoms with E-state index in [1.807, 2.05) is 30.3 Å². The van der Waals surface area contributed by atoms with Gasteiger partial charge in [0.25, 0.3) is 0 Å². The highest BCUT2D eigenvalue weighted by atomic mass is 16.5. The van der Waals surface area contributed by atoms with Gasteiger partial charge in [0.15, 0.2) is 5.82 Å².